The molecule has 4 rings (SSSR count). The molecular weight excluding hydrogens is 384 g/mol. The summed E-state index contributed by atoms with van der Waals surface area (Å²) in [5.74, 6) is 0.934. The summed E-state index contributed by atoms with van der Waals surface area (Å²) in [6.45, 7) is 0.574. The third-order valence-electron chi connectivity index (χ3n) is 5.52. The number of benzene rings is 3. The lowest BCUT2D eigenvalue weighted by molar-refractivity contribution is -0.121. The van der Waals surface area contributed by atoms with Crippen LogP contribution in [0.4, 0.5) is 0 Å². The van der Waals surface area contributed by atoms with Crippen LogP contribution >= 0.6 is 0 Å². The number of rotatable bonds is 8. The molecule has 1 atom stereocenters. The number of aryl methyl sites for hydroxylation is 1. The van der Waals surface area contributed by atoms with E-state index >= 15 is 0 Å². The van der Waals surface area contributed by atoms with Crippen molar-refractivity contribution in [2.24, 2.45) is 0 Å². The van der Waals surface area contributed by atoms with Gasteiger partial charge in [-0.15, -0.1) is 0 Å². The minimum Gasteiger partial charge on any atom is -0.354 e. The number of nitrogens with zero attached hydrogens (tertiary/aromatic N) is 3. The predicted molar refractivity (Wildman–Crippen MR) is 125 cm³/mol. The lowest BCUT2D eigenvalue weighted by Gasteiger charge is -2.25. The molecule has 1 amide bonds. The molecule has 5 nitrogen and oxygen atoms in total. The highest BCUT2D eigenvalue weighted by Gasteiger charge is 2.17. The van der Waals surface area contributed by atoms with Gasteiger partial charge in [-0.2, -0.15) is 0 Å². The summed E-state index contributed by atoms with van der Waals surface area (Å²) in [6.07, 6.45) is 0.971. The maximum atomic E-state index is 12.7. The molecule has 1 N–H and O–H groups in total. The van der Waals surface area contributed by atoms with Crippen LogP contribution in [0.1, 0.15) is 23.9 Å². The Hall–Kier alpha value is -3.44. The van der Waals surface area contributed by atoms with E-state index in [1.165, 1.54) is 5.56 Å². The number of aromatic nitrogens is 2. The van der Waals surface area contributed by atoms with Crippen LogP contribution < -0.4 is 5.32 Å². The average molecular weight is 413 g/mol. The lowest BCUT2D eigenvalue weighted by atomic mass is 10.1. The number of fused-ring (bicyclic) bond motifs is 1. The number of imidazole rings is 1. The van der Waals surface area contributed by atoms with Crippen LogP contribution in [-0.4, -0.2) is 41.0 Å². The monoisotopic (exact) mass is 412 g/mol. The van der Waals surface area contributed by atoms with Gasteiger partial charge in [0.2, 0.25) is 5.91 Å². The van der Waals surface area contributed by atoms with Crippen LogP contribution in [0, 0.1) is 0 Å². The van der Waals surface area contributed by atoms with E-state index in [4.69, 9.17) is 4.98 Å². The molecule has 0 bridgehead atoms. The van der Waals surface area contributed by atoms with E-state index in [-0.39, 0.29) is 11.9 Å². The van der Waals surface area contributed by atoms with Crippen LogP contribution in [0.25, 0.3) is 16.7 Å². The summed E-state index contributed by atoms with van der Waals surface area (Å²) in [5, 5.41) is 3.11. The zero-order valence-electron chi connectivity index (χ0n) is 18.0. The molecule has 0 spiro atoms. The molecule has 0 saturated carbocycles. The summed E-state index contributed by atoms with van der Waals surface area (Å²) >= 11 is 0. The van der Waals surface area contributed by atoms with Gasteiger partial charge in [0.15, 0.2) is 0 Å². The van der Waals surface area contributed by atoms with Gasteiger partial charge in [0.25, 0.3) is 0 Å². The Labute approximate surface area is 183 Å². The molecule has 0 saturated heterocycles. The van der Waals surface area contributed by atoms with Crippen LogP contribution in [0.2, 0.25) is 0 Å². The Morgan fingerprint density at radius 3 is 2.29 bits per heavy atom. The molecule has 31 heavy (non-hydrogen) atoms. The number of hydrogen-bond donors (Lipinski definition) is 1. The topological polar surface area (TPSA) is 50.2 Å². The highest BCUT2D eigenvalue weighted by Crippen LogP contribution is 2.22. The summed E-state index contributed by atoms with van der Waals surface area (Å²) < 4.78 is 2.15. The van der Waals surface area contributed by atoms with Gasteiger partial charge in [0.05, 0.1) is 17.1 Å². The fraction of sp³-hybridized carbons (Fsp3) is 0.231. The van der Waals surface area contributed by atoms with Crippen molar-refractivity contribution in [1.29, 1.82) is 0 Å². The molecule has 4 aromatic rings. The molecule has 0 radical (unpaired) electrons. The molecule has 0 fully saturated rings. The third kappa shape index (κ3) is 4.84. The maximum Gasteiger partial charge on any atom is 0.220 e. The normalized spacial score (nSPS) is 12.2. The van der Waals surface area contributed by atoms with E-state index in [0.29, 0.717) is 19.4 Å². The third-order valence-corrected chi connectivity index (χ3v) is 5.52. The smallest absolute Gasteiger partial charge is 0.220 e. The molecule has 0 aliphatic rings. The Morgan fingerprint density at radius 1 is 0.935 bits per heavy atom. The molecule has 3 aromatic carbocycles. The van der Waals surface area contributed by atoms with Gasteiger partial charge in [-0.05, 0) is 43.9 Å². The van der Waals surface area contributed by atoms with Crippen molar-refractivity contribution >= 4 is 16.9 Å². The number of hydrogen-bond acceptors (Lipinski definition) is 3. The number of amides is 1. The molecule has 0 aliphatic heterocycles. The highest BCUT2D eigenvalue weighted by atomic mass is 16.1. The quantitative estimate of drug-likeness (QED) is 0.467. The minimum atomic E-state index is 0.0365. The van der Waals surface area contributed by atoms with Gasteiger partial charge >= 0.3 is 0 Å². The van der Waals surface area contributed by atoms with E-state index in [1.54, 1.807) is 0 Å². The van der Waals surface area contributed by atoms with Crippen LogP contribution in [-0.2, 0) is 11.2 Å². The fourth-order valence-electron chi connectivity index (χ4n) is 3.91. The van der Waals surface area contributed by atoms with Crippen molar-refractivity contribution in [2.45, 2.75) is 18.9 Å². The SMILES string of the molecule is CN(C)C(CNC(=O)CCc1nc2ccccc2n1-c1ccccc1)c1ccccc1. The Balaban J connectivity index is 1.46. The molecule has 1 aromatic heterocycles. The highest BCUT2D eigenvalue weighted by molar-refractivity contribution is 5.79. The summed E-state index contributed by atoms with van der Waals surface area (Å²) in [4.78, 5) is 19.6. The molecule has 5 heteroatoms. The largest absolute Gasteiger partial charge is 0.354 e. The molecule has 0 aliphatic carbocycles. The van der Waals surface area contributed by atoms with Crippen molar-refractivity contribution in [2.75, 3.05) is 20.6 Å². The van der Waals surface area contributed by atoms with Gasteiger partial charge in [-0.1, -0.05) is 60.7 Å². The molecule has 158 valence electrons. The second kappa shape index (κ2) is 9.58. The Morgan fingerprint density at radius 2 is 1.58 bits per heavy atom. The molecular formula is C26H28N4O. The first kappa shape index (κ1) is 20.8. The van der Waals surface area contributed by atoms with Crippen molar-refractivity contribution < 1.29 is 4.79 Å². The predicted octanol–water partition coefficient (Wildman–Crippen LogP) is 4.38. The number of carbonyl (C=O) groups is 1. The second-order valence-electron chi connectivity index (χ2n) is 7.88. The van der Waals surface area contributed by atoms with E-state index < -0.39 is 0 Å². The number of nitrogens with one attached hydrogen (secondary N) is 1. The van der Waals surface area contributed by atoms with Gasteiger partial charge in [0.1, 0.15) is 5.82 Å². The fourth-order valence-corrected chi connectivity index (χ4v) is 3.91. The van der Waals surface area contributed by atoms with Crippen molar-refractivity contribution in [1.82, 2.24) is 19.8 Å². The van der Waals surface area contributed by atoms with Crippen LogP contribution in [0.3, 0.4) is 0 Å². The van der Waals surface area contributed by atoms with E-state index in [0.717, 1.165) is 22.5 Å². The van der Waals surface area contributed by atoms with Gasteiger partial charge in [0, 0.05) is 25.1 Å². The van der Waals surface area contributed by atoms with Gasteiger partial charge in [-0.3, -0.25) is 9.36 Å². The lowest BCUT2D eigenvalue weighted by Crippen LogP contribution is -2.34. The Kier molecular flexibility index (Phi) is 6.43. The van der Waals surface area contributed by atoms with Crippen molar-refractivity contribution in [3.63, 3.8) is 0 Å². The zero-order valence-corrected chi connectivity index (χ0v) is 18.0. The minimum absolute atomic E-state index is 0.0365. The molecule has 1 unspecified atom stereocenters. The first-order valence-corrected chi connectivity index (χ1v) is 10.6. The standard InChI is InChI=1S/C26H28N4O/c1-29(2)24(20-11-5-3-6-12-20)19-27-26(31)18-17-25-28-22-15-9-10-16-23(22)30(25)21-13-7-4-8-14-21/h3-16,24H,17-19H2,1-2H3,(H,27,31). The van der Waals surface area contributed by atoms with E-state index in [2.05, 4.69) is 45.1 Å². The summed E-state index contributed by atoms with van der Waals surface area (Å²) in [7, 11) is 4.07. The second-order valence-corrected chi connectivity index (χ2v) is 7.88. The number of para-hydroxylation sites is 3. The Bertz CT molecular complexity index is 1140. The summed E-state index contributed by atoms with van der Waals surface area (Å²) in [5.41, 5.74) is 4.25. The van der Waals surface area contributed by atoms with E-state index in [1.807, 2.05) is 68.7 Å². The van der Waals surface area contributed by atoms with Crippen LogP contribution in [0.5, 0.6) is 0 Å². The van der Waals surface area contributed by atoms with Crippen molar-refractivity contribution in [3.05, 3.63) is 96.3 Å². The zero-order chi connectivity index (χ0) is 21.6. The van der Waals surface area contributed by atoms with Gasteiger partial charge < -0.3 is 10.2 Å². The summed E-state index contributed by atoms with van der Waals surface area (Å²) in [6, 6.07) is 28.7. The van der Waals surface area contributed by atoms with E-state index in [9.17, 15) is 4.79 Å². The number of likely N-dealkylation sites (N-methyl/N-ethyl adjacent to an activating group) is 1. The number of carbonyl (C=O) groups excluding carboxylic acids is 1. The maximum absolute atomic E-state index is 12.7. The van der Waals surface area contributed by atoms with Gasteiger partial charge in [-0.25, -0.2) is 4.98 Å². The van der Waals surface area contributed by atoms with Crippen LogP contribution in [0.15, 0.2) is 84.9 Å². The first-order chi connectivity index (χ1) is 15.1. The van der Waals surface area contributed by atoms with Crippen molar-refractivity contribution in [3.8, 4) is 5.69 Å². The first-order valence-electron chi connectivity index (χ1n) is 10.6. The average Bonchev–Trinajstić information content (AvgIpc) is 3.17. The molecule has 1 heterocycles.